The standard InChI is InChI=1S/C15H23N3O/c1-6-15(4,19)8-7-12-9-10(2)13-14(17-12)18(5)11(3)16-13/h9,19H,6-8H2,1-5H3. The fourth-order valence-corrected chi connectivity index (χ4v) is 2.18. The van der Waals surface area contributed by atoms with Gasteiger partial charge in [-0.05, 0) is 51.7 Å². The van der Waals surface area contributed by atoms with Crippen LogP contribution < -0.4 is 0 Å². The molecule has 104 valence electrons. The zero-order chi connectivity index (χ0) is 14.2. The third-order valence-corrected chi connectivity index (χ3v) is 3.98. The van der Waals surface area contributed by atoms with Gasteiger partial charge in [-0.15, -0.1) is 0 Å². The van der Waals surface area contributed by atoms with Crippen molar-refractivity contribution in [3.8, 4) is 0 Å². The van der Waals surface area contributed by atoms with Gasteiger partial charge in [0.2, 0.25) is 0 Å². The van der Waals surface area contributed by atoms with Crippen LogP contribution >= 0.6 is 0 Å². The van der Waals surface area contributed by atoms with E-state index in [0.717, 1.165) is 47.5 Å². The lowest BCUT2D eigenvalue weighted by Crippen LogP contribution is -2.23. The number of aliphatic hydroxyl groups is 1. The van der Waals surface area contributed by atoms with E-state index in [1.54, 1.807) is 0 Å². The van der Waals surface area contributed by atoms with Crippen molar-refractivity contribution < 1.29 is 5.11 Å². The van der Waals surface area contributed by atoms with E-state index in [1.807, 2.05) is 32.4 Å². The van der Waals surface area contributed by atoms with Gasteiger partial charge in [0.1, 0.15) is 11.3 Å². The fourth-order valence-electron chi connectivity index (χ4n) is 2.18. The summed E-state index contributed by atoms with van der Waals surface area (Å²) in [7, 11) is 1.99. The molecule has 4 heteroatoms. The maximum atomic E-state index is 10.1. The summed E-state index contributed by atoms with van der Waals surface area (Å²) >= 11 is 0. The zero-order valence-electron chi connectivity index (χ0n) is 12.5. The Morgan fingerprint density at radius 3 is 2.63 bits per heavy atom. The van der Waals surface area contributed by atoms with E-state index in [-0.39, 0.29) is 0 Å². The van der Waals surface area contributed by atoms with Crippen LogP contribution in [0.4, 0.5) is 0 Å². The van der Waals surface area contributed by atoms with Gasteiger partial charge < -0.3 is 9.67 Å². The smallest absolute Gasteiger partial charge is 0.160 e. The highest BCUT2D eigenvalue weighted by molar-refractivity contribution is 5.75. The second kappa shape index (κ2) is 4.93. The summed E-state index contributed by atoms with van der Waals surface area (Å²) in [5.74, 6) is 0.975. The number of hydrogen-bond acceptors (Lipinski definition) is 3. The van der Waals surface area contributed by atoms with Gasteiger partial charge >= 0.3 is 0 Å². The van der Waals surface area contributed by atoms with Crippen LogP contribution in [0.1, 0.15) is 43.8 Å². The first-order chi connectivity index (χ1) is 8.84. The molecule has 0 spiro atoms. The van der Waals surface area contributed by atoms with Gasteiger partial charge in [0.05, 0.1) is 5.60 Å². The van der Waals surface area contributed by atoms with Crippen molar-refractivity contribution in [2.75, 3.05) is 0 Å². The van der Waals surface area contributed by atoms with E-state index >= 15 is 0 Å². The Labute approximate surface area is 114 Å². The quantitative estimate of drug-likeness (QED) is 0.920. The molecule has 0 saturated heterocycles. The monoisotopic (exact) mass is 261 g/mol. The predicted octanol–water partition coefficient (Wildman–Crippen LogP) is 2.68. The third kappa shape index (κ3) is 2.78. The Morgan fingerprint density at radius 1 is 1.32 bits per heavy atom. The van der Waals surface area contributed by atoms with Crippen molar-refractivity contribution in [3.63, 3.8) is 0 Å². The molecule has 0 aliphatic heterocycles. The molecule has 0 amide bonds. The van der Waals surface area contributed by atoms with Crippen LogP contribution in [-0.4, -0.2) is 25.2 Å². The Hall–Kier alpha value is -1.42. The van der Waals surface area contributed by atoms with E-state index in [4.69, 9.17) is 0 Å². The maximum absolute atomic E-state index is 10.1. The van der Waals surface area contributed by atoms with E-state index in [0.29, 0.717) is 0 Å². The van der Waals surface area contributed by atoms with Crippen LogP contribution in [0, 0.1) is 13.8 Å². The number of hydrogen-bond donors (Lipinski definition) is 1. The van der Waals surface area contributed by atoms with E-state index in [9.17, 15) is 5.11 Å². The van der Waals surface area contributed by atoms with Crippen molar-refractivity contribution in [2.24, 2.45) is 7.05 Å². The van der Waals surface area contributed by atoms with Crippen LogP contribution in [0.3, 0.4) is 0 Å². The summed E-state index contributed by atoms with van der Waals surface area (Å²) in [5, 5.41) is 10.1. The minimum absolute atomic E-state index is 0.604. The van der Waals surface area contributed by atoms with E-state index in [2.05, 4.69) is 23.0 Å². The topological polar surface area (TPSA) is 50.9 Å². The molecule has 2 aromatic heterocycles. The van der Waals surface area contributed by atoms with Gasteiger partial charge in [0, 0.05) is 12.7 Å². The Bertz CT molecular complexity index is 599. The van der Waals surface area contributed by atoms with Gasteiger partial charge in [-0.2, -0.15) is 0 Å². The van der Waals surface area contributed by atoms with Gasteiger partial charge in [0.15, 0.2) is 5.65 Å². The molecule has 1 unspecified atom stereocenters. The normalized spacial score (nSPS) is 14.8. The molecule has 0 fully saturated rings. The predicted molar refractivity (Wildman–Crippen MR) is 77.2 cm³/mol. The number of aromatic nitrogens is 3. The summed E-state index contributed by atoms with van der Waals surface area (Å²) in [6.45, 7) is 7.94. The fraction of sp³-hybridized carbons (Fsp3) is 0.600. The molecular formula is C15H23N3O. The second-order valence-electron chi connectivity index (χ2n) is 5.67. The molecule has 0 aliphatic rings. The lowest BCUT2D eigenvalue weighted by atomic mass is 9.96. The zero-order valence-corrected chi connectivity index (χ0v) is 12.5. The van der Waals surface area contributed by atoms with Crippen LogP contribution in [0.2, 0.25) is 0 Å². The maximum Gasteiger partial charge on any atom is 0.160 e. The van der Waals surface area contributed by atoms with Gasteiger partial charge in [-0.25, -0.2) is 9.97 Å². The minimum atomic E-state index is -0.604. The molecule has 1 atom stereocenters. The van der Waals surface area contributed by atoms with Gasteiger partial charge in [-0.1, -0.05) is 6.92 Å². The van der Waals surface area contributed by atoms with Gasteiger partial charge in [-0.3, -0.25) is 0 Å². The van der Waals surface area contributed by atoms with Crippen molar-refractivity contribution in [3.05, 3.63) is 23.1 Å². The highest BCUT2D eigenvalue weighted by Crippen LogP contribution is 2.21. The minimum Gasteiger partial charge on any atom is -0.390 e. The highest BCUT2D eigenvalue weighted by Gasteiger charge is 2.18. The average Bonchev–Trinajstić information content (AvgIpc) is 2.65. The number of fused-ring (bicyclic) bond motifs is 1. The molecule has 2 rings (SSSR count). The Morgan fingerprint density at radius 2 is 2.00 bits per heavy atom. The molecule has 1 N–H and O–H groups in total. The highest BCUT2D eigenvalue weighted by atomic mass is 16.3. The summed E-state index contributed by atoms with van der Waals surface area (Å²) in [6, 6.07) is 2.08. The van der Waals surface area contributed by atoms with Crippen molar-refractivity contribution >= 4 is 11.2 Å². The van der Waals surface area contributed by atoms with Crippen molar-refractivity contribution in [1.82, 2.24) is 14.5 Å². The van der Waals surface area contributed by atoms with Crippen LogP contribution in [0.5, 0.6) is 0 Å². The second-order valence-corrected chi connectivity index (χ2v) is 5.67. The number of imidazole rings is 1. The third-order valence-electron chi connectivity index (χ3n) is 3.98. The SMILES string of the molecule is CCC(C)(O)CCc1cc(C)c2nc(C)n(C)c2n1. The lowest BCUT2D eigenvalue weighted by Gasteiger charge is -2.20. The van der Waals surface area contributed by atoms with Crippen LogP contribution in [0.25, 0.3) is 11.2 Å². The summed E-state index contributed by atoms with van der Waals surface area (Å²) in [4.78, 5) is 9.21. The number of nitrogens with zero attached hydrogens (tertiary/aromatic N) is 3. The summed E-state index contributed by atoms with van der Waals surface area (Å²) in [6.07, 6.45) is 2.29. The largest absolute Gasteiger partial charge is 0.390 e. The van der Waals surface area contributed by atoms with Gasteiger partial charge in [0.25, 0.3) is 0 Å². The molecule has 2 heterocycles. The lowest BCUT2D eigenvalue weighted by molar-refractivity contribution is 0.0471. The number of rotatable bonds is 4. The Kier molecular flexibility index (Phi) is 3.63. The first-order valence-electron chi connectivity index (χ1n) is 6.86. The molecule has 19 heavy (non-hydrogen) atoms. The van der Waals surface area contributed by atoms with Crippen LogP contribution in [0.15, 0.2) is 6.07 Å². The molecular weight excluding hydrogens is 238 g/mol. The molecule has 2 aromatic rings. The number of pyridine rings is 1. The number of aryl methyl sites for hydroxylation is 4. The molecule has 0 saturated carbocycles. The van der Waals surface area contributed by atoms with Crippen molar-refractivity contribution in [1.29, 1.82) is 0 Å². The molecule has 0 bridgehead atoms. The summed E-state index contributed by atoms with van der Waals surface area (Å²) in [5.41, 5.74) is 3.49. The van der Waals surface area contributed by atoms with E-state index in [1.165, 1.54) is 0 Å². The Balaban J connectivity index is 2.33. The summed E-state index contributed by atoms with van der Waals surface area (Å²) < 4.78 is 2.02. The first-order valence-corrected chi connectivity index (χ1v) is 6.86. The van der Waals surface area contributed by atoms with Crippen molar-refractivity contribution in [2.45, 2.75) is 52.6 Å². The molecule has 0 radical (unpaired) electrons. The molecule has 0 aliphatic carbocycles. The van der Waals surface area contributed by atoms with E-state index < -0.39 is 5.60 Å². The average molecular weight is 261 g/mol. The molecule has 4 nitrogen and oxygen atoms in total. The van der Waals surface area contributed by atoms with Crippen LogP contribution in [-0.2, 0) is 13.5 Å². The first kappa shape index (κ1) is 14.0. The molecule has 0 aromatic carbocycles.